The second-order valence-electron chi connectivity index (χ2n) is 6.62. The van der Waals surface area contributed by atoms with Crippen molar-refractivity contribution in [1.29, 1.82) is 0 Å². The third-order valence-electron chi connectivity index (χ3n) is 5.46. The summed E-state index contributed by atoms with van der Waals surface area (Å²) in [4.78, 5) is 2.75. The molecule has 4 atom stereocenters. The number of piperidine rings is 1. The fourth-order valence-electron chi connectivity index (χ4n) is 4.40. The van der Waals surface area contributed by atoms with Gasteiger partial charge in [0.25, 0.3) is 0 Å². The van der Waals surface area contributed by atoms with Gasteiger partial charge >= 0.3 is 0 Å². The van der Waals surface area contributed by atoms with Gasteiger partial charge in [-0.3, -0.25) is 0 Å². The van der Waals surface area contributed by atoms with Gasteiger partial charge in [0.15, 0.2) is 0 Å². The molecule has 1 N–H and O–H groups in total. The van der Waals surface area contributed by atoms with E-state index in [0.29, 0.717) is 0 Å². The highest BCUT2D eigenvalue weighted by Gasteiger charge is 2.36. The minimum atomic E-state index is 0.785. The lowest BCUT2D eigenvalue weighted by atomic mass is 9.90. The van der Waals surface area contributed by atoms with Crippen LogP contribution in [0.15, 0.2) is 0 Å². The Morgan fingerprint density at radius 2 is 1.88 bits per heavy atom. The van der Waals surface area contributed by atoms with Crippen molar-refractivity contribution in [2.75, 3.05) is 26.2 Å². The molecule has 0 aromatic carbocycles. The predicted octanol–water partition coefficient (Wildman–Crippen LogP) is 2.50. The Labute approximate surface area is 106 Å². The lowest BCUT2D eigenvalue weighted by molar-refractivity contribution is 0.216. The van der Waals surface area contributed by atoms with Crippen LogP contribution in [-0.4, -0.2) is 37.1 Å². The molecule has 3 rings (SSSR count). The number of rotatable bonds is 3. The monoisotopic (exact) mass is 236 g/mol. The van der Waals surface area contributed by atoms with Crippen molar-refractivity contribution < 1.29 is 0 Å². The van der Waals surface area contributed by atoms with Crippen molar-refractivity contribution >= 4 is 0 Å². The van der Waals surface area contributed by atoms with E-state index in [1.165, 1.54) is 64.7 Å². The zero-order valence-electron chi connectivity index (χ0n) is 11.3. The highest BCUT2D eigenvalue weighted by atomic mass is 15.2. The van der Waals surface area contributed by atoms with Gasteiger partial charge in [0, 0.05) is 25.7 Å². The molecule has 2 heterocycles. The molecule has 1 saturated carbocycles. The SMILES string of the molecule is CCC1CCNC(CN2CC3CCCC3C2)C1. The second kappa shape index (κ2) is 5.27. The number of nitrogens with one attached hydrogen (secondary N) is 1. The average molecular weight is 236 g/mol. The van der Waals surface area contributed by atoms with Gasteiger partial charge in [0.05, 0.1) is 0 Å². The first-order valence-corrected chi connectivity index (χ1v) is 7.81. The molecule has 3 aliphatic rings. The van der Waals surface area contributed by atoms with Gasteiger partial charge in [-0.1, -0.05) is 19.8 Å². The summed E-state index contributed by atoms with van der Waals surface area (Å²) < 4.78 is 0. The first kappa shape index (κ1) is 12.0. The van der Waals surface area contributed by atoms with Crippen LogP contribution in [-0.2, 0) is 0 Å². The first-order valence-electron chi connectivity index (χ1n) is 7.81. The quantitative estimate of drug-likeness (QED) is 0.810. The van der Waals surface area contributed by atoms with E-state index in [1.54, 1.807) is 0 Å². The van der Waals surface area contributed by atoms with Gasteiger partial charge in [-0.05, 0) is 50.0 Å². The Balaban J connectivity index is 1.47. The number of nitrogens with zero attached hydrogens (tertiary/aromatic N) is 1. The number of hydrogen-bond donors (Lipinski definition) is 1. The van der Waals surface area contributed by atoms with Crippen LogP contribution in [0.25, 0.3) is 0 Å². The fraction of sp³-hybridized carbons (Fsp3) is 1.00. The van der Waals surface area contributed by atoms with Crippen molar-refractivity contribution in [3.8, 4) is 0 Å². The largest absolute Gasteiger partial charge is 0.313 e. The summed E-state index contributed by atoms with van der Waals surface area (Å²) in [6.45, 7) is 7.74. The fourth-order valence-corrected chi connectivity index (χ4v) is 4.40. The van der Waals surface area contributed by atoms with E-state index in [4.69, 9.17) is 0 Å². The smallest absolute Gasteiger partial charge is 0.0197 e. The summed E-state index contributed by atoms with van der Waals surface area (Å²) >= 11 is 0. The molecule has 0 spiro atoms. The van der Waals surface area contributed by atoms with Crippen LogP contribution >= 0.6 is 0 Å². The minimum absolute atomic E-state index is 0.785. The molecule has 0 aromatic rings. The van der Waals surface area contributed by atoms with Crippen LogP contribution in [0.5, 0.6) is 0 Å². The van der Waals surface area contributed by atoms with E-state index in [1.807, 2.05) is 0 Å². The molecule has 2 heteroatoms. The van der Waals surface area contributed by atoms with E-state index in [-0.39, 0.29) is 0 Å². The van der Waals surface area contributed by atoms with Crippen molar-refractivity contribution in [1.82, 2.24) is 10.2 Å². The molecule has 0 bridgehead atoms. The van der Waals surface area contributed by atoms with E-state index < -0.39 is 0 Å². The van der Waals surface area contributed by atoms with Gasteiger partial charge in [0.1, 0.15) is 0 Å². The second-order valence-corrected chi connectivity index (χ2v) is 6.62. The van der Waals surface area contributed by atoms with Gasteiger partial charge in [-0.15, -0.1) is 0 Å². The zero-order valence-corrected chi connectivity index (χ0v) is 11.3. The third kappa shape index (κ3) is 2.68. The molecule has 98 valence electrons. The number of likely N-dealkylation sites (tertiary alicyclic amines) is 1. The summed E-state index contributed by atoms with van der Waals surface area (Å²) in [6.07, 6.45) is 8.72. The Morgan fingerprint density at radius 1 is 1.12 bits per heavy atom. The van der Waals surface area contributed by atoms with E-state index in [2.05, 4.69) is 17.1 Å². The summed E-state index contributed by atoms with van der Waals surface area (Å²) in [7, 11) is 0. The Bertz CT molecular complexity index is 239. The lowest BCUT2D eigenvalue weighted by Crippen LogP contribution is -2.45. The van der Waals surface area contributed by atoms with Gasteiger partial charge in [-0.25, -0.2) is 0 Å². The molecule has 2 saturated heterocycles. The van der Waals surface area contributed by atoms with E-state index in [0.717, 1.165) is 23.8 Å². The topological polar surface area (TPSA) is 15.3 Å². The molecule has 3 fully saturated rings. The highest BCUT2D eigenvalue weighted by molar-refractivity contribution is 4.91. The Kier molecular flexibility index (Phi) is 3.72. The van der Waals surface area contributed by atoms with Crippen LogP contribution in [0.2, 0.25) is 0 Å². The highest BCUT2D eigenvalue weighted by Crippen LogP contribution is 2.37. The average Bonchev–Trinajstić information content (AvgIpc) is 2.90. The standard InChI is InChI=1S/C15H28N2/c1-2-12-6-7-16-15(8-12)11-17-9-13-4-3-5-14(13)10-17/h12-16H,2-11H2,1H3. The molecule has 2 nitrogen and oxygen atoms in total. The van der Waals surface area contributed by atoms with Gasteiger partial charge in [-0.2, -0.15) is 0 Å². The maximum absolute atomic E-state index is 3.73. The molecule has 4 unspecified atom stereocenters. The minimum Gasteiger partial charge on any atom is -0.313 e. The van der Waals surface area contributed by atoms with Crippen LogP contribution in [0, 0.1) is 17.8 Å². The molecule has 0 aromatic heterocycles. The Morgan fingerprint density at radius 3 is 2.59 bits per heavy atom. The maximum atomic E-state index is 3.73. The van der Waals surface area contributed by atoms with Crippen LogP contribution in [0.4, 0.5) is 0 Å². The molecule has 0 radical (unpaired) electrons. The summed E-state index contributed by atoms with van der Waals surface area (Å²) in [5, 5.41) is 3.73. The Hall–Kier alpha value is -0.0800. The van der Waals surface area contributed by atoms with Crippen LogP contribution < -0.4 is 5.32 Å². The molecule has 2 aliphatic heterocycles. The lowest BCUT2D eigenvalue weighted by Gasteiger charge is -2.32. The third-order valence-corrected chi connectivity index (χ3v) is 5.46. The van der Waals surface area contributed by atoms with Gasteiger partial charge in [0.2, 0.25) is 0 Å². The first-order chi connectivity index (χ1) is 8.35. The van der Waals surface area contributed by atoms with Crippen molar-refractivity contribution in [3.05, 3.63) is 0 Å². The predicted molar refractivity (Wildman–Crippen MR) is 72.1 cm³/mol. The molecular weight excluding hydrogens is 208 g/mol. The molecule has 0 amide bonds. The molecule has 1 aliphatic carbocycles. The van der Waals surface area contributed by atoms with E-state index >= 15 is 0 Å². The van der Waals surface area contributed by atoms with Crippen LogP contribution in [0.1, 0.15) is 45.4 Å². The molecular formula is C15H28N2. The van der Waals surface area contributed by atoms with Crippen molar-refractivity contribution in [3.63, 3.8) is 0 Å². The zero-order chi connectivity index (χ0) is 11.7. The maximum Gasteiger partial charge on any atom is 0.0197 e. The number of hydrogen-bond acceptors (Lipinski definition) is 2. The van der Waals surface area contributed by atoms with Crippen molar-refractivity contribution in [2.45, 2.75) is 51.5 Å². The summed E-state index contributed by atoms with van der Waals surface area (Å²) in [5.41, 5.74) is 0. The van der Waals surface area contributed by atoms with E-state index in [9.17, 15) is 0 Å². The molecule has 17 heavy (non-hydrogen) atoms. The normalized spacial score (nSPS) is 42.9. The van der Waals surface area contributed by atoms with Crippen molar-refractivity contribution in [2.24, 2.45) is 17.8 Å². The van der Waals surface area contributed by atoms with Gasteiger partial charge < -0.3 is 10.2 Å². The summed E-state index contributed by atoms with van der Waals surface area (Å²) in [6, 6.07) is 0.785. The van der Waals surface area contributed by atoms with Crippen LogP contribution in [0.3, 0.4) is 0 Å². The summed E-state index contributed by atoms with van der Waals surface area (Å²) in [5.74, 6) is 3.10. The number of fused-ring (bicyclic) bond motifs is 1.